The number of benzene rings is 1. The molecule has 0 heterocycles. The first-order chi connectivity index (χ1) is 20.8. The van der Waals surface area contributed by atoms with Gasteiger partial charge in [-0.3, -0.25) is 14.4 Å². The molecule has 0 N–H and O–H groups in total. The van der Waals surface area contributed by atoms with Crippen molar-refractivity contribution in [3.8, 4) is 11.5 Å². The summed E-state index contributed by atoms with van der Waals surface area (Å²) in [6.45, 7) is 4.61. The summed E-state index contributed by atoms with van der Waals surface area (Å²) < 4.78 is 11.6. The third-order valence-corrected chi connectivity index (χ3v) is 12.2. The van der Waals surface area contributed by atoms with Crippen LogP contribution in [0, 0.1) is 47.3 Å². The standard InChI is InChI=1S/C37H53ClO5/c1-3-24-5-9-26(10-6-24)28-13-17-30(18-14-28)36(40)42-33-21-32(35(38)39)22-34(23-33)43-37(41)31-19-15-29(16-20-31)27-11-7-25(4-2)8-12-27/h21-31H,3-20H2,1-2H3. The minimum atomic E-state index is -0.674. The molecule has 0 amide bonds. The van der Waals surface area contributed by atoms with Crippen LogP contribution < -0.4 is 9.47 Å². The molecule has 43 heavy (non-hydrogen) atoms. The van der Waals surface area contributed by atoms with Gasteiger partial charge in [0.25, 0.3) is 5.24 Å². The summed E-state index contributed by atoms with van der Waals surface area (Å²) >= 11 is 5.81. The lowest BCUT2D eigenvalue weighted by Gasteiger charge is -2.37. The fourth-order valence-corrected chi connectivity index (χ4v) is 9.10. The highest BCUT2D eigenvalue weighted by molar-refractivity contribution is 6.67. The molecule has 0 bridgehead atoms. The Hall–Kier alpha value is -1.88. The highest BCUT2D eigenvalue weighted by atomic mass is 35.5. The number of hydrogen-bond acceptors (Lipinski definition) is 5. The molecule has 4 aliphatic carbocycles. The molecule has 5 nitrogen and oxygen atoms in total. The number of carbonyl (C=O) groups is 3. The highest BCUT2D eigenvalue weighted by Gasteiger charge is 2.35. The van der Waals surface area contributed by atoms with Gasteiger partial charge in [0.15, 0.2) is 0 Å². The van der Waals surface area contributed by atoms with Gasteiger partial charge in [-0.2, -0.15) is 0 Å². The summed E-state index contributed by atoms with van der Waals surface area (Å²) in [5.41, 5.74) is 0.160. The van der Waals surface area contributed by atoms with Crippen molar-refractivity contribution >= 4 is 28.8 Å². The average Bonchev–Trinajstić information content (AvgIpc) is 3.05. The van der Waals surface area contributed by atoms with E-state index >= 15 is 0 Å². The number of carbonyl (C=O) groups excluding carboxylic acids is 3. The molecule has 4 fully saturated rings. The lowest BCUT2D eigenvalue weighted by atomic mass is 9.69. The van der Waals surface area contributed by atoms with E-state index in [1.807, 2.05) is 0 Å². The number of rotatable bonds is 9. The fraction of sp³-hybridized carbons (Fsp3) is 0.757. The maximum absolute atomic E-state index is 13.1. The van der Waals surface area contributed by atoms with Crippen molar-refractivity contribution in [3.63, 3.8) is 0 Å². The zero-order valence-corrected chi connectivity index (χ0v) is 27.3. The van der Waals surface area contributed by atoms with Gasteiger partial charge in [-0.15, -0.1) is 0 Å². The lowest BCUT2D eigenvalue weighted by molar-refractivity contribution is -0.140. The maximum Gasteiger partial charge on any atom is 0.314 e. The number of hydrogen-bond donors (Lipinski definition) is 0. The second-order valence-corrected chi connectivity index (χ2v) is 14.8. The molecule has 1 aromatic rings. The highest BCUT2D eigenvalue weighted by Crippen LogP contribution is 2.44. The van der Waals surface area contributed by atoms with E-state index in [1.165, 1.54) is 76.3 Å². The van der Waals surface area contributed by atoms with Crippen LogP contribution in [0.4, 0.5) is 0 Å². The van der Waals surface area contributed by atoms with Gasteiger partial charge in [-0.1, -0.05) is 52.4 Å². The molecular weight excluding hydrogens is 560 g/mol. The van der Waals surface area contributed by atoms with E-state index in [2.05, 4.69) is 13.8 Å². The summed E-state index contributed by atoms with van der Waals surface area (Å²) in [7, 11) is 0. The summed E-state index contributed by atoms with van der Waals surface area (Å²) in [5, 5.41) is -0.674. The first kappa shape index (κ1) is 32.5. The quantitative estimate of drug-likeness (QED) is 0.158. The van der Waals surface area contributed by atoms with Gasteiger partial charge in [0.1, 0.15) is 11.5 Å². The Kier molecular flexibility index (Phi) is 11.7. The van der Waals surface area contributed by atoms with Crippen molar-refractivity contribution in [1.82, 2.24) is 0 Å². The van der Waals surface area contributed by atoms with Gasteiger partial charge in [-0.25, -0.2) is 0 Å². The van der Waals surface area contributed by atoms with Crippen LogP contribution >= 0.6 is 11.6 Å². The Morgan fingerprint density at radius 2 is 0.884 bits per heavy atom. The van der Waals surface area contributed by atoms with Crippen LogP contribution in [0.2, 0.25) is 0 Å². The maximum atomic E-state index is 13.1. The van der Waals surface area contributed by atoms with E-state index in [0.29, 0.717) is 0 Å². The van der Waals surface area contributed by atoms with E-state index in [-0.39, 0.29) is 40.8 Å². The molecule has 0 saturated heterocycles. The van der Waals surface area contributed by atoms with E-state index in [1.54, 1.807) is 6.07 Å². The minimum Gasteiger partial charge on any atom is -0.426 e. The topological polar surface area (TPSA) is 69.7 Å². The predicted molar refractivity (Wildman–Crippen MR) is 170 cm³/mol. The first-order valence-electron chi connectivity index (χ1n) is 17.6. The van der Waals surface area contributed by atoms with Crippen molar-refractivity contribution in [2.75, 3.05) is 0 Å². The predicted octanol–water partition coefficient (Wildman–Crippen LogP) is 9.92. The van der Waals surface area contributed by atoms with Crippen LogP contribution in [0.5, 0.6) is 11.5 Å². The van der Waals surface area contributed by atoms with Crippen LogP contribution in [-0.4, -0.2) is 17.2 Å². The van der Waals surface area contributed by atoms with E-state index in [4.69, 9.17) is 21.1 Å². The van der Waals surface area contributed by atoms with E-state index < -0.39 is 5.24 Å². The molecule has 5 rings (SSSR count). The molecule has 0 aromatic heterocycles. The molecular formula is C37H53ClO5. The summed E-state index contributed by atoms with van der Waals surface area (Å²) in [6.07, 6.45) is 21.0. The summed E-state index contributed by atoms with van der Waals surface area (Å²) in [6, 6.07) is 4.50. The average molecular weight is 613 g/mol. The van der Waals surface area contributed by atoms with Crippen molar-refractivity contribution in [3.05, 3.63) is 23.8 Å². The first-order valence-corrected chi connectivity index (χ1v) is 18.0. The molecule has 0 aliphatic heterocycles. The van der Waals surface area contributed by atoms with Crippen LogP contribution in [0.3, 0.4) is 0 Å². The Balaban J connectivity index is 1.11. The van der Waals surface area contributed by atoms with Crippen LogP contribution in [0.25, 0.3) is 0 Å². The van der Waals surface area contributed by atoms with Crippen LogP contribution in [-0.2, 0) is 9.59 Å². The Labute approximate surface area is 264 Å². The minimum absolute atomic E-state index is 0.142. The molecule has 0 atom stereocenters. The third-order valence-electron chi connectivity index (χ3n) is 12.0. The smallest absolute Gasteiger partial charge is 0.314 e. The molecule has 0 unspecified atom stereocenters. The summed E-state index contributed by atoms with van der Waals surface area (Å²) in [5.74, 6) is 4.46. The normalized spacial score (nSPS) is 33.4. The van der Waals surface area contributed by atoms with E-state index in [0.717, 1.165) is 86.9 Å². The molecule has 0 spiro atoms. The Bertz CT molecular complexity index is 1010. The Morgan fingerprint density at radius 3 is 1.19 bits per heavy atom. The van der Waals surface area contributed by atoms with E-state index in [9.17, 15) is 14.4 Å². The van der Waals surface area contributed by atoms with Crippen molar-refractivity contribution in [2.45, 2.75) is 129 Å². The fourth-order valence-electron chi connectivity index (χ4n) is 8.99. The van der Waals surface area contributed by atoms with Gasteiger partial charge >= 0.3 is 11.9 Å². The molecule has 238 valence electrons. The number of halogens is 1. The third kappa shape index (κ3) is 8.65. The second-order valence-electron chi connectivity index (χ2n) is 14.4. The van der Waals surface area contributed by atoms with Crippen LogP contribution in [0.15, 0.2) is 18.2 Å². The largest absolute Gasteiger partial charge is 0.426 e. The van der Waals surface area contributed by atoms with Crippen molar-refractivity contribution in [2.24, 2.45) is 47.3 Å². The molecule has 4 aliphatic rings. The summed E-state index contributed by atoms with van der Waals surface area (Å²) in [4.78, 5) is 38.3. The zero-order chi connectivity index (χ0) is 30.3. The lowest BCUT2D eigenvalue weighted by Crippen LogP contribution is -2.30. The second kappa shape index (κ2) is 15.4. The Morgan fingerprint density at radius 1 is 0.558 bits per heavy atom. The van der Waals surface area contributed by atoms with Crippen molar-refractivity contribution < 1.29 is 23.9 Å². The zero-order valence-electron chi connectivity index (χ0n) is 26.5. The molecule has 6 heteroatoms. The van der Waals surface area contributed by atoms with Gasteiger partial charge in [0, 0.05) is 11.6 Å². The van der Waals surface area contributed by atoms with Gasteiger partial charge in [0.2, 0.25) is 0 Å². The van der Waals surface area contributed by atoms with Gasteiger partial charge in [0.05, 0.1) is 11.8 Å². The monoisotopic (exact) mass is 612 g/mol. The number of ether oxygens (including phenoxy) is 2. The van der Waals surface area contributed by atoms with Crippen LogP contribution in [0.1, 0.15) is 140 Å². The van der Waals surface area contributed by atoms with Gasteiger partial charge < -0.3 is 9.47 Å². The number of esters is 2. The molecule has 1 aromatic carbocycles. The van der Waals surface area contributed by atoms with Gasteiger partial charge in [-0.05, 0) is 136 Å². The SMILES string of the molecule is CCC1CCC(C2CCC(C(=O)Oc3cc(OC(=O)C4CCC(C5CCC(CC)CC5)CC4)cc(C(=O)Cl)c3)CC2)CC1. The van der Waals surface area contributed by atoms with Crippen molar-refractivity contribution in [1.29, 1.82) is 0 Å². The molecule has 0 radical (unpaired) electrons. The molecule has 4 saturated carbocycles.